The monoisotopic (exact) mass is 488 g/mol. The minimum atomic E-state index is -0.986. The van der Waals surface area contributed by atoms with Crippen molar-refractivity contribution in [2.24, 2.45) is 11.8 Å². The number of hydrogen-bond donors (Lipinski definition) is 2. The molecule has 2 aromatic carbocycles. The minimum absolute atomic E-state index is 0.0689. The average molecular weight is 489 g/mol. The molecule has 1 saturated carbocycles. The second-order valence-corrected chi connectivity index (χ2v) is 9.90. The second kappa shape index (κ2) is 12.6. The van der Waals surface area contributed by atoms with E-state index in [0.29, 0.717) is 12.3 Å². The van der Waals surface area contributed by atoms with Gasteiger partial charge in [-0.3, -0.25) is 4.79 Å². The number of ether oxygens (including phenoxy) is 1. The summed E-state index contributed by atoms with van der Waals surface area (Å²) in [4.78, 5) is 30.1. The third kappa shape index (κ3) is 6.91. The van der Waals surface area contributed by atoms with Gasteiger partial charge >= 0.3 is 5.97 Å². The Balaban J connectivity index is 1.51. The zero-order valence-corrected chi connectivity index (χ0v) is 20.9. The number of pyridine rings is 1. The number of carbonyl (C=O) groups excluding carboxylic acids is 2. The molecule has 1 amide bonds. The molecule has 0 bridgehead atoms. The highest BCUT2D eigenvalue weighted by molar-refractivity contribution is 5.93. The summed E-state index contributed by atoms with van der Waals surface area (Å²) in [5.74, 6) is -0.487. The van der Waals surface area contributed by atoms with Crippen LogP contribution in [0, 0.1) is 11.8 Å². The maximum atomic E-state index is 13.1. The topological polar surface area (TPSA) is 88.5 Å². The zero-order valence-electron chi connectivity index (χ0n) is 20.9. The molecule has 2 N–H and O–H groups in total. The molecule has 190 valence electrons. The fourth-order valence-electron chi connectivity index (χ4n) is 5.28. The molecule has 0 aliphatic heterocycles. The molecule has 0 radical (unpaired) electrons. The van der Waals surface area contributed by atoms with Crippen LogP contribution in [0.2, 0.25) is 0 Å². The van der Waals surface area contributed by atoms with Crippen LogP contribution in [0.15, 0.2) is 66.9 Å². The first kappa shape index (κ1) is 25.8. The van der Waals surface area contributed by atoms with Gasteiger partial charge in [-0.05, 0) is 35.8 Å². The summed E-state index contributed by atoms with van der Waals surface area (Å²) < 4.78 is 5.87. The first-order valence-electron chi connectivity index (χ1n) is 13.0. The van der Waals surface area contributed by atoms with Gasteiger partial charge in [-0.25, -0.2) is 9.78 Å². The summed E-state index contributed by atoms with van der Waals surface area (Å²) in [7, 11) is 1.63. The largest absolute Gasteiger partial charge is 0.455 e. The Morgan fingerprint density at radius 3 is 2.44 bits per heavy atom. The van der Waals surface area contributed by atoms with E-state index in [4.69, 9.17) is 4.74 Å². The Hall–Kier alpha value is -3.25. The molecule has 1 fully saturated rings. The predicted molar refractivity (Wildman–Crippen MR) is 140 cm³/mol. The summed E-state index contributed by atoms with van der Waals surface area (Å²) in [5, 5.41) is 15.9. The molecule has 0 spiro atoms. The number of hydrogen-bond acceptors (Lipinski definition) is 5. The van der Waals surface area contributed by atoms with Crippen molar-refractivity contribution in [1.82, 2.24) is 10.3 Å². The van der Waals surface area contributed by atoms with Crippen molar-refractivity contribution in [1.29, 1.82) is 0 Å². The quantitative estimate of drug-likeness (QED) is 0.388. The predicted octanol–water partition coefficient (Wildman–Crippen LogP) is 5.09. The number of fused-ring (bicyclic) bond motifs is 1. The van der Waals surface area contributed by atoms with Crippen molar-refractivity contribution in [2.45, 2.75) is 63.6 Å². The molecular weight excluding hydrogens is 452 g/mol. The number of esters is 1. The normalized spacial score (nSPS) is 16.7. The van der Waals surface area contributed by atoms with Crippen molar-refractivity contribution in [3.05, 3.63) is 78.1 Å². The van der Waals surface area contributed by atoms with Crippen LogP contribution in [0.3, 0.4) is 0 Å². The van der Waals surface area contributed by atoms with Crippen LogP contribution in [0.1, 0.15) is 61.0 Å². The molecule has 36 heavy (non-hydrogen) atoms. The van der Waals surface area contributed by atoms with Crippen LogP contribution < -0.4 is 5.32 Å². The summed E-state index contributed by atoms with van der Waals surface area (Å²) in [6.07, 6.45) is 7.10. The summed E-state index contributed by atoms with van der Waals surface area (Å²) in [5.41, 5.74) is 1.15. The summed E-state index contributed by atoms with van der Waals surface area (Å²) >= 11 is 0. The molecule has 1 aliphatic carbocycles. The number of amides is 1. The Kier molecular flexibility index (Phi) is 9.06. The smallest absolute Gasteiger partial charge is 0.357 e. The van der Waals surface area contributed by atoms with Gasteiger partial charge in [0.25, 0.3) is 0 Å². The first-order chi connectivity index (χ1) is 17.5. The van der Waals surface area contributed by atoms with E-state index in [0.717, 1.165) is 35.6 Å². The number of carbonyl (C=O) groups is 2. The Labute approximate surface area is 213 Å². The number of aromatic nitrogens is 1. The lowest BCUT2D eigenvalue weighted by atomic mass is 9.80. The van der Waals surface area contributed by atoms with Crippen molar-refractivity contribution in [2.75, 3.05) is 7.05 Å². The van der Waals surface area contributed by atoms with Crippen LogP contribution in [0.5, 0.6) is 0 Å². The Morgan fingerprint density at radius 1 is 1.03 bits per heavy atom. The van der Waals surface area contributed by atoms with E-state index < -0.39 is 18.2 Å². The molecule has 4 rings (SSSR count). The van der Waals surface area contributed by atoms with Gasteiger partial charge in [-0.2, -0.15) is 0 Å². The third-order valence-corrected chi connectivity index (χ3v) is 7.29. The van der Waals surface area contributed by atoms with E-state index in [1.165, 1.54) is 19.3 Å². The van der Waals surface area contributed by atoms with Gasteiger partial charge < -0.3 is 15.2 Å². The molecule has 1 aromatic heterocycles. The van der Waals surface area contributed by atoms with Crippen LogP contribution >= 0.6 is 0 Å². The third-order valence-electron chi connectivity index (χ3n) is 7.29. The molecule has 1 heterocycles. The lowest BCUT2D eigenvalue weighted by Crippen LogP contribution is -2.39. The zero-order chi connectivity index (χ0) is 25.3. The average Bonchev–Trinajstić information content (AvgIpc) is 2.92. The fraction of sp³-hybridized carbons (Fsp3) is 0.433. The highest BCUT2D eigenvalue weighted by Gasteiger charge is 2.32. The summed E-state index contributed by atoms with van der Waals surface area (Å²) in [6, 6.07) is 19.0. The van der Waals surface area contributed by atoms with Crippen molar-refractivity contribution >= 4 is 22.6 Å². The Bertz CT molecular complexity index is 1140. The van der Waals surface area contributed by atoms with E-state index in [9.17, 15) is 14.7 Å². The number of nitrogens with one attached hydrogen (secondary N) is 1. The lowest BCUT2D eigenvalue weighted by molar-refractivity contribution is -0.127. The van der Waals surface area contributed by atoms with Crippen molar-refractivity contribution < 1.29 is 19.4 Å². The van der Waals surface area contributed by atoms with E-state index >= 15 is 0 Å². The maximum Gasteiger partial charge on any atom is 0.357 e. The number of nitrogens with zero attached hydrogens (tertiary/aromatic N) is 1. The molecule has 6 nitrogen and oxygen atoms in total. The first-order valence-corrected chi connectivity index (χ1v) is 13.0. The van der Waals surface area contributed by atoms with Crippen LogP contribution in [0.25, 0.3) is 10.8 Å². The molecule has 1 aliphatic rings. The van der Waals surface area contributed by atoms with Gasteiger partial charge in [0.1, 0.15) is 11.8 Å². The lowest BCUT2D eigenvalue weighted by Gasteiger charge is -2.29. The van der Waals surface area contributed by atoms with Gasteiger partial charge in [0.05, 0.1) is 6.10 Å². The van der Waals surface area contributed by atoms with Crippen LogP contribution in [0.4, 0.5) is 0 Å². The van der Waals surface area contributed by atoms with E-state index in [1.807, 2.05) is 54.6 Å². The second-order valence-electron chi connectivity index (χ2n) is 9.90. The van der Waals surface area contributed by atoms with Gasteiger partial charge in [-0.15, -0.1) is 0 Å². The fourth-order valence-corrected chi connectivity index (χ4v) is 5.28. The van der Waals surface area contributed by atoms with Crippen LogP contribution in [-0.2, 0) is 16.0 Å². The van der Waals surface area contributed by atoms with Gasteiger partial charge in [-0.1, -0.05) is 86.7 Å². The van der Waals surface area contributed by atoms with E-state index in [-0.39, 0.29) is 23.9 Å². The van der Waals surface area contributed by atoms with Gasteiger partial charge in [0.15, 0.2) is 0 Å². The highest BCUT2D eigenvalue weighted by Crippen LogP contribution is 2.31. The SMILES string of the molecule is CNC(=O)[C@H](CC1CCCCC1)C[C@H](O)[C@H](Cc1ccccc1)OC(=O)c1cc2ccccc2cn1. The van der Waals surface area contributed by atoms with E-state index in [2.05, 4.69) is 10.3 Å². The number of aliphatic hydroxyl groups excluding tert-OH is 1. The molecule has 3 atom stereocenters. The van der Waals surface area contributed by atoms with Gasteiger partial charge in [0, 0.05) is 31.0 Å². The van der Waals surface area contributed by atoms with Crippen LogP contribution in [-0.4, -0.2) is 41.2 Å². The van der Waals surface area contributed by atoms with Crippen molar-refractivity contribution in [3.63, 3.8) is 0 Å². The number of rotatable bonds is 10. The molecule has 0 saturated heterocycles. The molecular formula is C30H36N2O4. The number of benzene rings is 2. The highest BCUT2D eigenvalue weighted by atomic mass is 16.6. The van der Waals surface area contributed by atoms with Gasteiger partial charge in [0.2, 0.25) is 5.91 Å². The molecule has 0 unspecified atom stereocenters. The maximum absolute atomic E-state index is 13.1. The standard InChI is InChI=1S/C30H36N2O4/c1-31-29(34)25(16-21-10-4-2-5-11-21)19-27(33)28(17-22-12-6-3-7-13-22)36-30(35)26-18-23-14-8-9-15-24(23)20-32-26/h3,6-9,12-15,18,20-21,25,27-28,33H,2,4-5,10-11,16-17,19H2,1H3,(H,31,34)/t25-,27+,28+/m1/s1. The molecule has 3 aromatic rings. The Morgan fingerprint density at radius 2 is 1.72 bits per heavy atom. The van der Waals surface area contributed by atoms with E-state index in [1.54, 1.807) is 19.3 Å². The van der Waals surface area contributed by atoms with Crippen molar-refractivity contribution in [3.8, 4) is 0 Å². The minimum Gasteiger partial charge on any atom is -0.455 e. The number of aliphatic hydroxyl groups is 1. The summed E-state index contributed by atoms with van der Waals surface area (Å²) in [6.45, 7) is 0. The molecule has 6 heteroatoms.